The van der Waals surface area contributed by atoms with Gasteiger partial charge in [0.25, 0.3) is 5.91 Å². The van der Waals surface area contributed by atoms with Gasteiger partial charge in [-0.2, -0.15) is 0 Å². The zero-order valence-electron chi connectivity index (χ0n) is 16.8. The van der Waals surface area contributed by atoms with Crippen molar-refractivity contribution < 1.29 is 19.1 Å². The standard InChI is InChI=1S/C23H25N3O4/c27-21(10-11-22(28)26-16-17-30-20-9-5-4-8-19(20)26)24-12-14-25(15-13-24)23(29)18-6-2-1-3-7-18/h1-9H,10-17H2. The van der Waals surface area contributed by atoms with Crippen LogP contribution in [0.25, 0.3) is 0 Å². The van der Waals surface area contributed by atoms with Gasteiger partial charge in [0.15, 0.2) is 0 Å². The van der Waals surface area contributed by atoms with Crippen molar-refractivity contribution in [3.05, 3.63) is 60.2 Å². The van der Waals surface area contributed by atoms with Gasteiger partial charge < -0.3 is 19.4 Å². The Kier molecular flexibility index (Phi) is 5.97. The van der Waals surface area contributed by atoms with Crippen LogP contribution in [-0.4, -0.2) is 66.9 Å². The third kappa shape index (κ3) is 4.30. The fourth-order valence-corrected chi connectivity index (χ4v) is 3.86. The average Bonchev–Trinajstić information content (AvgIpc) is 2.82. The molecule has 0 spiro atoms. The van der Waals surface area contributed by atoms with E-state index in [2.05, 4.69) is 0 Å². The van der Waals surface area contributed by atoms with Crippen LogP contribution in [0, 0.1) is 0 Å². The van der Waals surface area contributed by atoms with Crippen molar-refractivity contribution in [1.82, 2.24) is 9.80 Å². The Morgan fingerprint density at radius 1 is 0.733 bits per heavy atom. The van der Waals surface area contributed by atoms with E-state index in [0.29, 0.717) is 50.6 Å². The molecule has 1 fully saturated rings. The van der Waals surface area contributed by atoms with Crippen LogP contribution in [0.15, 0.2) is 54.6 Å². The molecule has 2 heterocycles. The van der Waals surface area contributed by atoms with Gasteiger partial charge in [0.05, 0.1) is 12.2 Å². The van der Waals surface area contributed by atoms with Gasteiger partial charge in [-0.15, -0.1) is 0 Å². The van der Waals surface area contributed by atoms with Crippen molar-refractivity contribution in [2.24, 2.45) is 0 Å². The summed E-state index contributed by atoms with van der Waals surface area (Å²) in [5.74, 6) is 0.570. The molecule has 0 saturated carbocycles. The number of rotatable bonds is 4. The topological polar surface area (TPSA) is 70.2 Å². The maximum absolute atomic E-state index is 12.7. The number of hydrogen-bond acceptors (Lipinski definition) is 4. The summed E-state index contributed by atoms with van der Waals surface area (Å²) in [6.45, 7) is 2.94. The van der Waals surface area contributed by atoms with Gasteiger partial charge in [-0.1, -0.05) is 30.3 Å². The molecule has 0 bridgehead atoms. The van der Waals surface area contributed by atoms with Crippen molar-refractivity contribution >= 4 is 23.4 Å². The van der Waals surface area contributed by atoms with Crippen LogP contribution < -0.4 is 9.64 Å². The number of fused-ring (bicyclic) bond motifs is 1. The number of nitrogens with zero attached hydrogens (tertiary/aromatic N) is 3. The summed E-state index contributed by atoms with van der Waals surface area (Å²) in [5.41, 5.74) is 1.42. The molecule has 1 saturated heterocycles. The van der Waals surface area contributed by atoms with E-state index in [4.69, 9.17) is 4.74 Å². The highest BCUT2D eigenvalue weighted by atomic mass is 16.5. The third-order valence-corrected chi connectivity index (χ3v) is 5.52. The number of amides is 3. The lowest BCUT2D eigenvalue weighted by molar-refractivity contribution is -0.134. The first-order chi connectivity index (χ1) is 14.6. The first-order valence-corrected chi connectivity index (χ1v) is 10.3. The van der Waals surface area contributed by atoms with Gasteiger partial charge in [0, 0.05) is 44.6 Å². The second-order valence-electron chi connectivity index (χ2n) is 7.40. The number of para-hydroxylation sites is 2. The molecule has 0 aliphatic carbocycles. The summed E-state index contributed by atoms with van der Waals surface area (Å²) in [4.78, 5) is 43.0. The Hall–Kier alpha value is -3.35. The molecule has 4 rings (SSSR count). The number of carbonyl (C=O) groups excluding carboxylic acids is 3. The van der Waals surface area contributed by atoms with Gasteiger partial charge >= 0.3 is 0 Å². The first-order valence-electron chi connectivity index (χ1n) is 10.3. The summed E-state index contributed by atoms with van der Waals surface area (Å²) in [6.07, 6.45) is 0.335. The zero-order chi connectivity index (χ0) is 20.9. The normalized spacial score (nSPS) is 15.9. The van der Waals surface area contributed by atoms with E-state index in [9.17, 15) is 14.4 Å². The Morgan fingerprint density at radius 3 is 2.13 bits per heavy atom. The second-order valence-corrected chi connectivity index (χ2v) is 7.40. The summed E-state index contributed by atoms with van der Waals surface area (Å²) < 4.78 is 5.58. The highest BCUT2D eigenvalue weighted by molar-refractivity contribution is 5.97. The lowest BCUT2D eigenvalue weighted by Crippen LogP contribution is -2.50. The van der Waals surface area contributed by atoms with Crippen LogP contribution in [0.5, 0.6) is 5.75 Å². The zero-order valence-corrected chi connectivity index (χ0v) is 16.8. The van der Waals surface area contributed by atoms with E-state index in [1.165, 1.54) is 0 Å². The molecule has 156 valence electrons. The van der Waals surface area contributed by atoms with Crippen LogP contribution in [0.1, 0.15) is 23.2 Å². The molecular weight excluding hydrogens is 382 g/mol. The number of hydrogen-bond donors (Lipinski definition) is 0. The summed E-state index contributed by atoms with van der Waals surface area (Å²) in [6, 6.07) is 16.6. The van der Waals surface area contributed by atoms with Crippen LogP contribution in [-0.2, 0) is 9.59 Å². The number of carbonyl (C=O) groups is 3. The molecule has 2 aliphatic rings. The second kappa shape index (κ2) is 8.98. The summed E-state index contributed by atoms with van der Waals surface area (Å²) in [7, 11) is 0. The van der Waals surface area contributed by atoms with Crippen molar-refractivity contribution in [2.45, 2.75) is 12.8 Å². The van der Waals surface area contributed by atoms with Gasteiger partial charge in [-0.25, -0.2) is 0 Å². The third-order valence-electron chi connectivity index (χ3n) is 5.52. The molecule has 0 unspecified atom stereocenters. The molecule has 0 radical (unpaired) electrons. The van der Waals surface area contributed by atoms with Crippen LogP contribution >= 0.6 is 0 Å². The smallest absolute Gasteiger partial charge is 0.253 e. The minimum atomic E-state index is -0.0722. The summed E-state index contributed by atoms with van der Waals surface area (Å²) in [5, 5.41) is 0. The quantitative estimate of drug-likeness (QED) is 0.779. The number of piperazine rings is 1. The van der Waals surface area contributed by atoms with Crippen molar-refractivity contribution in [2.75, 3.05) is 44.2 Å². The molecule has 0 atom stereocenters. The lowest BCUT2D eigenvalue weighted by atomic mass is 10.1. The van der Waals surface area contributed by atoms with Gasteiger partial charge in [0.1, 0.15) is 12.4 Å². The highest BCUT2D eigenvalue weighted by Gasteiger charge is 2.27. The number of ether oxygens (including phenoxy) is 1. The van der Waals surface area contributed by atoms with E-state index in [0.717, 1.165) is 5.69 Å². The van der Waals surface area contributed by atoms with E-state index in [1.54, 1.807) is 26.8 Å². The highest BCUT2D eigenvalue weighted by Crippen LogP contribution is 2.31. The summed E-state index contributed by atoms with van der Waals surface area (Å²) >= 11 is 0. The molecule has 3 amide bonds. The van der Waals surface area contributed by atoms with Crippen LogP contribution in [0.3, 0.4) is 0 Å². The van der Waals surface area contributed by atoms with E-state index >= 15 is 0 Å². The Balaban J connectivity index is 1.27. The minimum absolute atomic E-state index is 0.0103. The fourth-order valence-electron chi connectivity index (χ4n) is 3.86. The SMILES string of the molecule is O=C(CCC(=O)N1CCOc2ccccc21)N1CCN(C(=O)c2ccccc2)CC1. The Morgan fingerprint density at radius 2 is 1.37 bits per heavy atom. The van der Waals surface area contributed by atoms with Crippen molar-refractivity contribution in [3.8, 4) is 5.75 Å². The van der Waals surface area contributed by atoms with Crippen molar-refractivity contribution in [3.63, 3.8) is 0 Å². The Labute approximate surface area is 175 Å². The molecule has 2 aromatic rings. The van der Waals surface area contributed by atoms with Gasteiger partial charge in [0.2, 0.25) is 11.8 Å². The minimum Gasteiger partial charge on any atom is -0.490 e. The average molecular weight is 407 g/mol. The maximum Gasteiger partial charge on any atom is 0.253 e. The largest absolute Gasteiger partial charge is 0.490 e. The van der Waals surface area contributed by atoms with Crippen molar-refractivity contribution in [1.29, 1.82) is 0 Å². The molecule has 30 heavy (non-hydrogen) atoms. The molecular formula is C23H25N3O4. The fraction of sp³-hybridized carbons (Fsp3) is 0.348. The molecule has 7 nitrogen and oxygen atoms in total. The monoisotopic (exact) mass is 407 g/mol. The van der Waals surface area contributed by atoms with E-state index in [-0.39, 0.29) is 30.6 Å². The van der Waals surface area contributed by atoms with Crippen LogP contribution in [0.2, 0.25) is 0 Å². The Bertz CT molecular complexity index is 923. The van der Waals surface area contributed by atoms with Gasteiger partial charge in [-0.05, 0) is 24.3 Å². The lowest BCUT2D eigenvalue weighted by Gasteiger charge is -2.35. The van der Waals surface area contributed by atoms with E-state index < -0.39 is 0 Å². The van der Waals surface area contributed by atoms with Crippen LogP contribution in [0.4, 0.5) is 5.69 Å². The predicted molar refractivity (Wildman–Crippen MR) is 112 cm³/mol. The molecule has 7 heteroatoms. The molecule has 0 aromatic heterocycles. The maximum atomic E-state index is 12.7. The predicted octanol–water partition coefficient (Wildman–Crippen LogP) is 2.18. The molecule has 2 aliphatic heterocycles. The first kappa shape index (κ1) is 19.9. The van der Waals surface area contributed by atoms with E-state index in [1.807, 2.05) is 42.5 Å². The number of anilines is 1. The molecule has 0 N–H and O–H groups in total. The van der Waals surface area contributed by atoms with Gasteiger partial charge in [-0.3, -0.25) is 14.4 Å². The molecule has 2 aromatic carbocycles. The number of benzene rings is 2.